The predicted octanol–water partition coefficient (Wildman–Crippen LogP) is 5.43. The number of fused-ring (bicyclic) bond motifs is 1. The molecule has 0 saturated carbocycles. The number of aryl methyl sites for hydroxylation is 1. The van der Waals surface area contributed by atoms with Crippen LogP contribution in [0.25, 0.3) is 5.69 Å². The van der Waals surface area contributed by atoms with Crippen molar-refractivity contribution in [2.75, 3.05) is 11.4 Å². The summed E-state index contributed by atoms with van der Waals surface area (Å²) in [4.78, 5) is 15.0. The third-order valence-electron chi connectivity index (χ3n) is 4.98. The molecule has 4 rings (SSSR count). The molecule has 6 heteroatoms. The molecule has 1 aromatic heterocycles. The summed E-state index contributed by atoms with van der Waals surface area (Å²) in [6.45, 7) is 6.84. The Morgan fingerprint density at radius 2 is 1.81 bits per heavy atom. The van der Waals surface area contributed by atoms with Crippen LogP contribution in [0, 0.1) is 6.92 Å². The minimum Gasteiger partial charge on any atom is -0.306 e. The Balaban J connectivity index is 1.71. The van der Waals surface area contributed by atoms with Gasteiger partial charge in [-0.15, -0.1) is 0 Å². The first kappa shape index (κ1) is 18.1. The van der Waals surface area contributed by atoms with Crippen molar-refractivity contribution in [2.24, 2.45) is 0 Å². The monoisotopic (exact) mass is 399 g/mol. The third-order valence-corrected chi connectivity index (χ3v) is 5.72. The van der Waals surface area contributed by atoms with Gasteiger partial charge in [0.15, 0.2) is 5.69 Å². The van der Waals surface area contributed by atoms with Crippen LogP contribution in [0.2, 0.25) is 10.0 Å². The van der Waals surface area contributed by atoms with Crippen molar-refractivity contribution >= 4 is 34.8 Å². The predicted molar refractivity (Wildman–Crippen MR) is 109 cm³/mol. The van der Waals surface area contributed by atoms with Crippen molar-refractivity contribution in [3.8, 4) is 5.69 Å². The largest absolute Gasteiger partial charge is 0.306 e. The maximum Gasteiger partial charge on any atom is 0.278 e. The molecule has 1 amide bonds. The van der Waals surface area contributed by atoms with Gasteiger partial charge in [0.1, 0.15) is 0 Å². The van der Waals surface area contributed by atoms with Gasteiger partial charge in [-0.2, -0.15) is 5.10 Å². The molecule has 0 fully saturated rings. The molecule has 0 spiro atoms. The number of benzene rings is 2. The Morgan fingerprint density at radius 3 is 2.56 bits per heavy atom. The van der Waals surface area contributed by atoms with Gasteiger partial charge >= 0.3 is 0 Å². The van der Waals surface area contributed by atoms with Crippen LogP contribution in [-0.2, 0) is 5.41 Å². The highest BCUT2D eigenvalue weighted by atomic mass is 35.5. The van der Waals surface area contributed by atoms with E-state index in [0.29, 0.717) is 22.3 Å². The van der Waals surface area contributed by atoms with Crippen LogP contribution in [0.5, 0.6) is 0 Å². The number of halogens is 2. The third kappa shape index (κ3) is 3.03. The van der Waals surface area contributed by atoms with Gasteiger partial charge in [-0.25, -0.2) is 4.68 Å². The highest BCUT2D eigenvalue weighted by Gasteiger charge is 2.38. The van der Waals surface area contributed by atoms with Crippen LogP contribution in [0.1, 0.15) is 35.6 Å². The van der Waals surface area contributed by atoms with Gasteiger partial charge in [-0.1, -0.05) is 55.2 Å². The van der Waals surface area contributed by atoms with E-state index in [4.69, 9.17) is 23.2 Å². The summed E-state index contributed by atoms with van der Waals surface area (Å²) in [5.41, 5.74) is 4.07. The minimum atomic E-state index is -0.102. The molecule has 0 N–H and O–H groups in total. The van der Waals surface area contributed by atoms with Crippen LogP contribution in [0.15, 0.2) is 48.5 Å². The number of hydrogen-bond donors (Lipinski definition) is 0. The molecule has 0 aliphatic carbocycles. The Hall–Kier alpha value is -2.30. The Labute approximate surface area is 168 Å². The summed E-state index contributed by atoms with van der Waals surface area (Å²) in [5, 5.41) is 5.47. The second-order valence-electron chi connectivity index (χ2n) is 7.47. The zero-order valence-electron chi connectivity index (χ0n) is 15.3. The van der Waals surface area contributed by atoms with Gasteiger partial charge in [0.2, 0.25) is 0 Å². The van der Waals surface area contributed by atoms with Gasteiger partial charge in [-0.3, -0.25) is 4.79 Å². The molecular weight excluding hydrogens is 381 g/mol. The van der Waals surface area contributed by atoms with Crippen molar-refractivity contribution in [1.29, 1.82) is 0 Å². The highest BCUT2D eigenvalue weighted by Crippen LogP contribution is 2.40. The number of carbonyl (C=O) groups excluding carboxylic acids is 1. The summed E-state index contributed by atoms with van der Waals surface area (Å²) in [6.07, 6.45) is 0. The number of nitrogens with zero attached hydrogens (tertiary/aromatic N) is 3. The summed E-state index contributed by atoms with van der Waals surface area (Å²) in [5.74, 6) is -0.102. The van der Waals surface area contributed by atoms with E-state index >= 15 is 0 Å². The number of anilines is 1. The first-order chi connectivity index (χ1) is 12.8. The van der Waals surface area contributed by atoms with Crippen molar-refractivity contribution in [1.82, 2.24) is 9.78 Å². The van der Waals surface area contributed by atoms with Gasteiger partial charge in [0.25, 0.3) is 5.91 Å². The lowest BCUT2D eigenvalue weighted by atomic mass is 9.87. The Kier molecular flexibility index (Phi) is 4.28. The van der Waals surface area contributed by atoms with E-state index < -0.39 is 0 Å². The number of hydrogen-bond acceptors (Lipinski definition) is 2. The lowest BCUT2D eigenvalue weighted by Gasteiger charge is -2.20. The summed E-state index contributed by atoms with van der Waals surface area (Å²) in [6, 6.07) is 15.1. The number of carbonyl (C=O) groups is 1. The fourth-order valence-electron chi connectivity index (χ4n) is 3.62. The lowest BCUT2D eigenvalue weighted by molar-refractivity contribution is 0.0980. The lowest BCUT2D eigenvalue weighted by Crippen LogP contribution is -2.34. The van der Waals surface area contributed by atoms with Crippen LogP contribution in [0.3, 0.4) is 0 Å². The Bertz CT molecular complexity index is 1060. The second-order valence-corrected chi connectivity index (χ2v) is 8.29. The van der Waals surface area contributed by atoms with E-state index in [0.717, 1.165) is 17.1 Å². The smallest absolute Gasteiger partial charge is 0.278 e. The Morgan fingerprint density at radius 1 is 1.07 bits per heavy atom. The molecule has 138 valence electrons. The van der Waals surface area contributed by atoms with E-state index in [1.807, 2.05) is 36.1 Å². The molecule has 0 bridgehead atoms. The summed E-state index contributed by atoms with van der Waals surface area (Å²) >= 11 is 12.1. The van der Waals surface area contributed by atoms with Gasteiger partial charge in [0.05, 0.1) is 15.7 Å². The topological polar surface area (TPSA) is 38.1 Å². The van der Waals surface area contributed by atoms with E-state index in [9.17, 15) is 4.79 Å². The molecule has 0 atom stereocenters. The first-order valence-electron chi connectivity index (χ1n) is 8.71. The number of aromatic nitrogens is 2. The first-order valence-corrected chi connectivity index (χ1v) is 9.47. The molecule has 27 heavy (non-hydrogen) atoms. The van der Waals surface area contributed by atoms with Gasteiger partial charge in [-0.05, 0) is 42.8 Å². The van der Waals surface area contributed by atoms with Crippen molar-refractivity contribution < 1.29 is 4.79 Å². The molecule has 4 nitrogen and oxygen atoms in total. The fraction of sp³-hybridized carbons (Fsp3) is 0.238. The van der Waals surface area contributed by atoms with Crippen LogP contribution in [0.4, 0.5) is 5.69 Å². The standard InChI is InChI=1S/C21H19Cl2N3O/c1-13-10-18(24-26(13)14-8-9-16(22)17(23)11-14)20(27)25-12-21(2,3)15-6-4-5-7-19(15)25/h4-11H,12H2,1-3H3. The molecular formula is C21H19Cl2N3O. The molecule has 1 aliphatic rings. The number of amides is 1. The SMILES string of the molecule is Cc1cc(C(=O)N2CC(C)(C)c3ccccc32)nn1-c1ccc(Cl)c(Cl)c1. The quantitative estimate of drug-likeness (QED) is 0.576. The molecule has 2 heterocycles. The molecule has 0 saturated heterocycles. The van der Waals surface area contributed by atoms with E-state index in [1.165, 1.54) is 5.56 Å². The molecule has 0 unspecified atom stereocenters. The number of para-hydroxylation sites is 1. The normalized spacial score (nSPS) is 15.1. The van der Waals surface area contributed by atoms with Crippen LogP contribution in [-0.4, -0.2) is 22.2 Å². The maximum absolute atomic E-state index is 13.2. The number of rotatable bonds is 2. The van der Waals surface area contributed by atoms with Gasteiger partial charge < -0.3 is 4.90 Å². The maximum atomic E-state index is 13.2. The molecule has 3 aromatic rings. The fourth-order valence-corrected chi connectivity index (χ4v) is 3.92. The highest BCUT2D eigenvalue weighted by molar-refractivity contribution is 6.42. The summed E-state index contributed by atoms with van der Waals surface area (Å²) in [7, 11) is 0. The van der Waals surface area contributed by atoms with Crippen molar-refractivity contribution in [2.45, 2.75) is 26.2 Å². The zero-order valence-corrected chi connectivity index (χ0v) is 16.8. The van der Waals surface area contributed by atoms with E-state index in [2.05, 4.69) is 25.0 Å². The summed E-state index contributed by atoms with van der Waals surface area (Å²) < 4.78 is 1.71. The average Bonchev–Trinajstić information content (AvgIpc) is 3.15. The molecule has 0 radical (unpaired) electrons. The van der Waals surface area contributed by atoms with Crippen LogP contribution < -0.4 is 4.90 Å². The van der Waals surface area contributed by atoms with Crippen molar-refractivity contribution in [3.63, 3.8) is 0 Å². The van der Waals surface area contributed by atoms with E-state index in [1.54, 1.807) is 22.9 Å². The van der Waals surface area contributed by atoms with Crippen molar-refractivity contribution in [3.05, 3.63) is 75.5 Å². The molecule has 1 aliphatic heterocycles. The minimum absolute atomic E-state index is 0.0897. The second kappa shape index (κ2) is 6.39. The zero-order chi connectivity index (χ0) is 19.3. The molecule has 2 aromatic carbocycles. The van der Waals surface area contributed by atoms with Gasteiger partial charge in [0, 0.05) is 23.3 Å². The average molecular weight is 400 g/mol. The van der Waals surface area contributed by atoms with E-state index in [-0.39, 0.29) is 11.3 Å². The van der Waals surface area contributed by atoms with Crippen LogP contribution >= 0.6 is 23.2 Å².